The fraction of sp³-hybridized carbons (Fsp3) is 0.600. The smallest absolute Gasteiger partial charge is 0.126 e. The zero-order valence-corrected chi connectivity index (χ0v) is 10.5. The van der Waals surface area contributed by atoms with E-state index < -0.39 is 0 Å². The lowest BCUT2D eigenvalue weighted by molar-refractivity contribution is 0.199. The molecule has 1 saturated carbocycles. The highest BCUT2D eigenvalue weighted by atomic mass is 19.1. The first-order chi connectivity index (χ1) is 8.79. The third-order valence-corrected chi connectivity index (χ3v) is 4.52. The van der Waals surface area contributed by atoms with Crippen LogP contribution in [0.2, 0.25) is 0 Å². The van der Waals surface area contributed by atoms with E-state index in [1.54, 1.807) is 12.1 Å². The molecule has 0 spiro atoms. The summed E-state index contributed by atoms with van der Waals surface area (Å²) in [4.78, 5) is 0. The lowest BCUT2D eigenvalue weighted by Crippen LogP contribution is -2.36. The van der Waals surface area contributed by atoms with Gasteiger partial charge in [-0.25, -0.2) is 4.39 Å². The second-order valence-electron chi connectivity index (χ2n) is 5.55. The van der Waals surface area contributed by atoms with Crippen LogP contribution in [-0.4, -0.2) is 17.8 Å². The molecule has 3 rings (SSSR count). The van der Waals surface area contributed by atoms with Crippen LogP contribution in [0.3, 0.4) is 0 Å². The van der Waals surface area contributed by atoms with Crippen LogP contribution in [0.4, 0.5) is 4.39 Å². The van der Waals surface area contributed by atoms with E-state index in [1.807, 2.05) is 6.07 Å². The number of halogens is 1. The Morgan fingerprint density at radius 2 is 2.17 bits per heavy atom. The number of aliphatic hydroxyl groups is 1. The summed E-state index contributed by atoms with van der Waals surface area (Å²) in [5.41, 5.74) is 2.01. The lowest BCUT2D eigenvalue weighted by Gasteiger charge is -2.24. The Kier molecular flexibility index (Phi) is 3.35. The van der Waals surface area contributed by atoms with Gasteiger partial charge in [0.25, 0.3) is 0 Å². The maximum absolute atomic E-state index is 13.7. The van der Waals surface area contributed by atoms with Crippen molar-refractivity contribution in [2.75, 3.05) is 6.61 Å². The minimum absolute atomic E-state index is 0.0677. The van der Waals surface area contributed by atoms with Crippen LogP contribution in [0.15, 0.2) is 18.2 Å². The van der Waals surface area contributed by atoms with E-state index in [1.165, 1.54) is 6.42 Å². The van der Waals surface area contributed by atoms with E-state index in [4.69, 9.17) is 0 Å². The minimum Gasteiger partial charge on any atom is -0.396 e. The van der Waals surface area contributed by atoms with Crippen LogP contribution in [-0.2, 0) is 6.42 Å². The molecule has 18 heavy (non-hydrogen) atoms. The summed E-state index contributed by atoms with van der Waals surface area (Å²) in [5.74, 6) is 0.310. The molecular weight excluding hydrogens is 229 g/mol. The average Bonchev–Trinajstić information content (AvgIpc) is 2.98. The van der Waals surface area contributed by atoms with E-state index in [-0.39, 0.29) is 18.5 Å². The predicted octanol–water partition coefficient (Wildman–Crippen LogP) is 2.56. The third-order valence-electron chi connectivity index (χ3n) is 4.52. The molecule has 2 nitrogen and oxygen atoms in total. The van der Waals surface area contributed by atoms with Gasteiger partial charge in [-0.15, -0.1) is 0 Å². The molecule has 2 aliphatic carbocycles. The Morgan fingerprint density at radius 3 is 3.00 bits per heavy atom. The Morgan fingerprint density at radius 1 is 1.28 bits per heavy atom. The number of fused-ring (bicyclic) bond motifs is 1. The van der Waals surface area contributed by atoms with Crippen molar-refractivity contribution in [2.24, 2.45) is 5.92 Å². The van der Waals surface area contributed by atoms with Gasteiger partial charge in [-0.05, 0) is 48.8 Å². The Labute approximate surface area is 107 Å². The summed E-state index contributed by atoms with van der Waals surface area (Å²) >= 11 is 0. The van der Waals surface area contributed by atoms with Crippen molar-refractivity contribution in [3.8, 4) is 0 Å². The second kappa shape index (κ2) is 4.98. The largest absolute Gasteiger partial charge is 0.396 e. The van der Waals surface area contributed by atoms with Crippen LogP contribution < -0.4 is 5.32 Å². The highest BCUT2D eigenvalue weighted by molar-refractivity contribution is 5.35. The van der Waals surface area contributed by atoms with Crippen molar-refractivity contribution >= 4 is 0 Å². The molecule has 0 aromatic heterocycles. The molecule has 2 N–H and O–H groups in total. The summed E-state index contributed by atoms with van der Waals surface area (Å²) in [6.45, 7) is 0.264. The molecule has 3 heteroatoms. The van der Waals surface area contributed by atoms with Gasteiger partial charge in [-0.2, -0.15) is 0 Å². The van der Waals surface area contributed by atoms with E-state index >= 15 is 0 Å². The minimum atomic E-state index is -0.0677. The van der Waals surface area contributed by atoms with Gasteiger partial charge in [0.2, 0.25) is 0 Å². The zero-order valence-electron chi connectivity index (χ0n) is 10.5. The predicted molar refractivity (Wildman–Crippen MR) is 68.8 cm³/mol. The first-order valence-corrected chi connectivity index (χ1v) is 6.94. The molecule has 2 aliphatic rings. The van der Waals surface area contributed by atoms with Crippen molar-refractivity contribution in [2.45, 2.75) is 44.2 Å². The number of aliphatic hydroxyl groups excluding tert-OH is 1. The van der Waals surface area contributed by atoms with Crippen LogP contribution >= 0.6 is 0 Å². The Bertz CT molecular complexity index is 435. The molecule has 1 fully saturated rings. The van der Waals surface area contributed by atoms with Gasteiger partial charge in [0.1, 0.15) is 5.82 Å². The van der Waals surface area contributed by atoms with Gasteiger partial charge < -0.3 is 10.4 Å². The Hall–Kier alpha value is -0.930. The molecule has 0 bridgehead atoms. The quantitative estimate of drug-likeness (QED) is 0.863. The normalized spacial score (nSPS) is 30.7. The first kappa shape index (κ1) is 12.1. The van der Waals surface area contributed by atoms with Crippen molar-refractivity contribution < 1.29 is 9.50 Å². The second-order valence-corrected chi connectivity index (χ2v) is 5.55. The molecule has 1 aromatic rings. The van der Waals surface area contributed by atoms with Crippen molar-refractivity contribution in [3.63, 3.8) is 0 Å². The van der Waals surface area contributed by atoms with Crippen molar-refractivity contribution in [1.29, 1.82) is 0 Å². The van der Waals surface area contributed by atoms with Gasteiger partial charge in [-0.1, -0.05) is 18.6 Å². The van der Waals surface area contributed by atoms with Crippen LogP contribution in [0.5, 0.6) is 0 Å². The highest BCUT2D eigenvalue weighted by Crippen LogP contribution is 2.35. The number of hydrogen-bond acceptors (Lipinski definition) is 2. The number of hydrogen-bond donors (Lipinski definition) is 2. The fourth-order valence-electron chi connectivity index (χ4n) is 3.52. The van der Waals surface area contributed by atoms with Gasteiger partial charge in [0.15, 0.2) is 0 Å². The van der Waals surface area contributed by atoms with Gasteiger partial charge >= 0.3 is 0 Å². The molecule has 0 aliphatic heterocycles. The molecule has 0 saturated heterocycles. The molecule has 0 amide bonds. The molecule has 3 atom stereocenters. The molecule has 0 heterocycles. The summed E-state index contributed by atoms with van der Waals surface area (Å²) in [6.07, 6.45) is 5.23. The molecular formula is C15H20FNO. The molecule has 1 aromatic carbocycles. The van der Waals surface area contributed by atoms with Crippen molar-refractivity contribution in [3.05, 3.63) is 35.1 Å². The third kappa shape index (κ3) is 2.06. The topological polar surface area (TPSA) is 32.3 Å². The maximum atomic E-state index is 13.7. The lowest BCUT2D eigenvalue weighted by atomic mass is 10.0. The van der Waals surface area contributed by atoms with Crippen LogP contribution in [0.1, 0.15) is 42.9 Å². The summed E-state index contributed by atoms with van der Waals surface area (Å²) in [6, 6.07) is 6.05. The number of rotatable bonds is 3. The van der Waals surface area contributed by atoms with Crippen LogP contribution in [0, 0.1) is 11.7 Å². The van der Waals surface area contributed by atoms with Gasteiger partial charge in [0, 0.05) is 18.7 Å². The Balaban J connectivity index is 1.75. The highest BCUT2D eigenvalue weighted by Gasteiger charge is 2.32. The summed E-state index contributed by atoms with van der Waals surface area (Å²) in [5, 5.41) is 13.0. The number of benzene rings is 1. The fourth-order valence-corrected chi connectivity index (χ4v) is 3.52. The van der Waals surface area contributed by atoms with Gasteiger partial charge in [0.05, 0.1) is 0 Å². The maximum Gasteiger partial charge on any atom is 0.126 e. The van der Waals surface area contributed by atoms with E-state index in [0.29, 0.717) is 12.0 Å². The first-order valence-electron chi connectivity index (χ1n) is 6.94. The average molecular weight is 249 g/mol. The van der Waals surface area contributed by atoms with Crippen LogP contribution in [0.25, 0.3) is 0 Å². The molecule has 3 unspecified atom stereocenters. The van der Waals surface area contributed by atoms with Gasteiger partial charge in [-0.3, -0.25) is 0 Å². The summed E-state index contributed by atoms with van der Waals surface area (Å²) < 4.78 is 13.7. The monoisotopic (exact) mass is 249 g/mol. The molecule has 98 valence electrons. The standard InChI is InChI=1S/C15H20FNO/c16-13-5-2-4-12-11(13)7-8-15(12)17-14-6-1-3-10(14)9-18/h2,4-5,10,14-15,17-18H,1,3,6-9H2. The SMILES string of the molecule is OCC1CCCC1NC1CCc2c(F)cccc21. The number of nitrogens with one attached hydrogen (secondary N) is 1. The zero-order chi connectivity index (χ0) is 12.5. The van der Waals surface area contributed by atoms with E-state index in [9.17, 15) is 9.50 Å². The molecule has 0 radical (unpaired) electrons. The van der Waals surface area contributed by atoms with E-state index in [2.05, 4.69) is 5.32 Å². The summed E-state index contributed by atoms with van der Waals surface area (Å²) in [7, 11) is 0. The van der Waals surface area contributed by atoms with E-state index in [0.717, 1.165) is 36.8 Å². The van der Waals surface area contributed by atoms with Crippen molar-refractivity contribution in [1.82, 2.24) is 5.32 Å².